The molecule has 0 aromatic rings. The minimum absolute atomic E-state index is 0.0228. The Balaban J connectivity index is 2.00. The first-order valence-electron chi connectivity index (χ1n) is 6.88. The van der Waals surface area contributed by atoms with Gasteiger partial charge >= 0.3 is 12.0 Å². The fraction of sp³-hybridized carbons (Fsp3) is 0.846. The summed E-state index contributed by atoms with van der Waals surface area (Å²) in [5.41, 5.74) is -0.783. The van der Waals surface area contributed by atoms with E-state index in [0.717, 1.165) is 37.4 Å². The first-order valence-corrected chi connectivity index (χ1v) is 8.03. The van der Waals surface area contributed by atoms with Crippen LogP contribution in [-0.2, 0) is 4.79 Å². The second kappa shape index (κ2) is 6.03. The van der Waals surface area contributed by atoms with Crippen LogP contribution in [0.2, 0.25) is 0 Å². The van der Waals surface area contributed by atoms with Crippen molar-refractivity contribution in [3.05, 3.63) is 0 Å². The number of carbonyl (C=O) groups excluding carboxylic acids is 1. The van der Waals surface area contributed by atoms with E-state index >= 15 is 0 Å². The highest BCUT2D eigenvalue weighted by molar-refractivity contribution is 7.99. The molecular weight excluding hydrogens is 264 g/mol. The number of thioether (sulfide) groups is 1. The first kappa shape index (κ1) is 14.5. The third-order valence-electron chi connectivity index (χ3n) is 3.98. The Kier molecular flexibility index (Phi) is 4.60. The van der Waals surface area contributed by atoms with Crippen LogP contribution < -0.4 is 0 Å². The molecule has 1 atom stereocenters. The number of piperidine rings is 1. The van der Waals surface area contributed by atoms with E-state index < -0.39 is 11.4 Å². The van der Waals surface area contributed by atoms with Crippen molar-refractivity contribution >= 4 is 23.8 Å². The molecule has 0 aromatic carbocycles. The molecule has 0 aromatic heterocycles. The third-order valence-corrected chi connectivity index (χ3v) is 5.02. The van der Waals surface area contributed by atoms with E-state index in [4.69, 9.17) is 0 Å². The van der Waals surface area contributed by atoms with E-state index in [2.05, 4.69) is 0 Å². The highest BCUT2D eigenvalue weighted by atomic mass is 32.2. The molecule has 0 saturated carbocycles. The van der Waals surface area contributed by atoms with Crippen LogP contribution in [0.3, 0.4) is 0 Å². The number of amides is 2. The van der Waals surface area contributed by atoms with Crippen molar-refractivity contribution < 1.29 is 14.7 Å². The second-order valence-electron chi connectivity index (χ2n) is 5.63. The van der Waals surface area contributed by atoms with Crippen LogP contribution in [0, 0.1) is 5.41 Å². The van der Waals surface area contributed by atoms with Gasteiger partial charge < -0.3 is 14.9 Å². The van der Waals surface area contributed by atoms with Crippen LogP contribution in [0.4, 0.5) is 4.79 Å². The molecule has 1 unspecified atom stereocenters. The van der Waals surface area contributed by atoms with Crippen molar-refractivity contribution in [3.8, 4) is 0 Å². The van der Waals surface area contributed by atoms with Crippen LogP contribution >= 0.6 is 11.8 Å². The molecule has 1 N–H and O–H groups in total. The van der Waals surface area contributed by atoms with E-state index in [-0.39, 0.29) is 6.03 Å². The van der Waals surface area contributed by atoms with Crippen LogP contribution in [0.1, 0.15) is 26.2 Å². The number of carboxylic acids is 1. The number of nitrogens with zero attached hydrogens (tertiary/aromatic N) is 2. The van der Waals surface area contributed by atoms with Crippen LogP contribution in [0.25, 0.3) is 0 Å². The minimum atomic E-state index is -0.795. The average Bonchev–Trinajstić information content (AvgIpc) is 2.66. The molecule has 0 bridgehead atoms. The fourth-order valence-electron chi connectivity index (χ4n) is 2.71. The van der Waals surface area contributed by atoms with Gasteiger partial charge in [-0.05, 0) is 31.9 Å². The number of hydrogen-bond acceptors (Lipinski definition) is 3. The zero-order valence-electron chi connectivity index (χ0n) is 11.4. The highest BCUT2D eigenvalue weighted by Crippen LogP contribution is 2.30. The summed E-state index contributed by atoms with van der Waals surface area (Å²) < 4.78 is 0. The maximum atomic E-state index is 12.5. The number of likely N-dealkylation sites (tertiary alicyclic amines) is 1. The predicted molar refractivity (Wildman–Crippen MR) is 75.5 cm³/mol. The molecule has 5 nitrogen and oxygen atoms in total. The number of carbonyl (C=O) groups is 2. The lowest BCUT2D eigenvalue weighted by atomic mass is 9.82. The molecule has 2 fully saturated rings. The summed E-state index contributed by atoms with van der Waals surface area (Å²) in [4.78, 5) is 27.4. The molecular formula is C13H22N2O3S. The zero-order chi connectivity index (χ0) is 13.9. The standard InChI is InChI=1S/C13H22N2O3S/c1-13(11(16)17)4-2-5-15(10-13)12(18)14-6-3-8-19-9-7-14/h2-10H2,1H3,(H,16,17). The summed E-state index contributed by atoms with van der Waals surface area (Å²) in [5, 5.41) is 9.30. The Morgan fingerprint density at radius 1 is 1.11 bits per heavy atom. The highest BCUT2D eigenvalue weighted by Gasteiger charge is 2.40. The fourth-order valence-corrected chi connectivity index (χ4v) is 3.60. The van der Waals surface area contributed by atoms with Gasteiger partial charge in [0.05, 0.1) is 5.41 Å². The Hall–Kier alpha value is -0.910. The van der Waals surface area contributed by atoms with Crippen molar-refractivity contribution in [2.75, 3.05) is 37.7 Å². The summed E-state index contributed by atoms with van der Waals surface area (Å²) >= 11 is 1.88. The average molecular weight is 286 g/mol. The van der Waals surface area contributed by atoms with Crippen molar-refractivity contribution in [3.63, 3.8) is 0 Å². The lowest BCUT2D eigenvalue weighted by Gasteiger charge is -2.39. The largest absolute Gasteiger partial charge is 0.481 e. The lowest BCUT2D eigenvalue weighted by molar-refractivity contribution is -0.150. The smallest absolute Gasteiger partial charge is 0.320 e. The second-order valence-corrected chi connectivity index (χ2v) is 6.85. The topological polar surface area (TPSA) is 60.9 Å². The predicted octanol–water partition coefficient (Wildman–Crippen LogP) is 1.73. The van der Waals surface area contributed by atoms with Gasteiger partial charge in [0.25, 0.3) is 0 Å². The molecule has 6 heteroatoms. The number of carboxylic acid groups (broad SMARTS) is 1. The molecule has 2 aliphatic rings. The van der Waals surface area contributed by atoms with Gasteiger partial charge in [-0.1, -0.05) is 0 Å². The third kappa shape index (κ3) is 3.35. The van der Waals surface area contributed by atoms with E-state index in [1.54, 1.807) is 11.8 Å². The Labute approximate surface area is 118 Å². The lowest BCUT2D eigenvalue weighted by Crippen LogP contribution is -2.52. The molecule has 0 aliphatic carbocycles. The molecule has 2 heterocycles. The van der Waals surface area contributed by atoms with E-state index in [1.807, 2.05) is 16.7 Å². The number of aliphatic carboxylic acids is 1. The number of urea groups is 1. The molecule has 19 heavy (non-hydrogen) atoms. The van der Waals surface area contributed by atoms with Gasteiger partial charge in [-0.2, -0.15) is 11.8 Å². The molecule has 0 radical (unpaired) electrons. The molecule has 0 spiro atoms. The summed E-state index contributed by atoms with van der Waals surface area (Å²) in [6, 6.07) is 0.0228. The van der Waals surface area contributed by atoms with Crippen molar-refractivity contribution in [2.24, 2.45) is 5.41 Å². The van der Waals surface area contributed by atoms with Gasteiger partial charge in [-0.15, -0.1) is 0 Å². The summed E-state index contributed by atoms with van der Waals surface area (Å²) in [7, 11) is 0. The molecule has 2 saturated heterocycles. The maximum absolute atomic E-state index is 12.5. The molecule has 2 aliphatic heterocycles. The van der Waals surface area contributed by atoms with Gasteiger partial charge in [-0.3, -0.25) is 4.79 Å². The van der Waals surface area contributed by atoms with Crippen molar-refractivity contribution in [1.82, 2.24) is 9.80 Å². The summed E-state index contributed by atoms with van der Waals surface area (Å²) in [5.74, 6) is 1.29. The quantitative estimate of drug-likeness (QED) is 0.797. The number of hydrogen-bond donors (Lipinski definition) is 1. The van der Waals surface area contributed by atoms with Gasteiger partial charge in [0.2, 0.25) is 0 Å². The Bertz CT molecular complexity index is 356. The van der Waals surface area contributed by atoms with Gasteiger partial charge in [0, 0.05) is 31.9 Å². The van der Waals surface area contributed by atoms with Crippen LogP contribution in [-0.4, -0.2) is 64.6 Å². The maximum Gasteiger partial charge on any atom is 0.320 e. The Morgan fingerprint density at radius 3 is 2.58 bits per heavy atom. The van der Waals surface area contributed by atoms with Gasteiger partial charge in [-0.25, -0.2) is 4.79 Å². The molecule has 2 amide bonds. The molecule has 2 rings (SSSR count). The van der Waals surface area contributed by atoms with Crippen molar-refractivity contribution in [2.45, 2.75) is 26.2 Å². The SMILES string of the molecule is CC1(C(=O)O)CCCN(C(=O)N2CCCSCC2)C1. The summed E-state index contributed by atoms with van der Waals surface area (Å²) in [6.45, 7) is 4.35. The minimum Gasteiger partial charge on any atom is -0.481 e. The van der Waals surface area contributed by atoms with Crippen molar-refractivity contribution in [1.29, 1.82) is 0 Å². The van der Waals surface area contributed by atoms with Gasteiger partial charge in [0.1, 0.15) is 0 Å². The summed E-state index contributed by atoms with van der Waals surface area (Å²) in [6.07, 6.45) is 2.46. The first-order chi connectivity index (χ1) is 9.03. The molecule has 108 valence electrons. The monoisotopic (exact) mass is 286 g/mol. The van der Waals surface area contributed by atoms with Gasteiger partial charge in [0.15, 0.2) is 0 Å². The Morgan fingerprint density at radius 2 is 1.84 bits per heavy atom. The number of rotatable bonds is 1. The van der Waals surface area contributed by atoms with Crippen LogP contribution in [0.15, 0.2) is 0 Å². The van der Waals surface area contributed by atoms with E-state index in [9.17, 15) is 14.7 Å². The van der Waals surface area contributed by atoms with Crippen LogP contribution in [0.5, 0.6) is 0 Å². The normalized spacial score (nSPS) is 28.9. The van der Waals surface area contributed by atoms with E-state index in [0.29, 0.717) is 19.5 Å². The zero-order valence-corrected chi connectivity index (χ0v) is 12.2. The van der Waals surface area contributed by atoms with E-state index in [1.165, 1.54) is 0 Å².